The molecule has 0 fully saturated rings. The van der Waals surface area contributed by atoms with Crippen molar-refractivity contribution >= 4 is 23.3 Å². The molecule has 1 aliphatic heterocycles. The summed E-state index contributed by atoms with van der Waals surface area (Å²) in [6, 6.07) is 13.6. The van der Waals surface area contributed by atoms with E-state index in [0.29, 0.717) is 5.56 Å². The monoisotopic (exact) mass is 312 g/mol. The average molecular weight is 312 g/mol. The van der Waals surface area contributed by atoms with Crippen LogP contribution in [0.15, 0.2) is 53.4 Å². The third kappa shape index (κ3) is 2.62. The highest BCUT2D eigenvalue weighted by Crippen LogP contribution is 2.40. The van der Waals surface area contributed by atoms with E-state index in [1.54, 1.807) is 18.9 Å². The van der Waals surface area contributed by atoms with Crippen LogP contribution in [-0.4, -0.2) is 25.9 Å². The highest BCUT2D eigenvalue weighted by atomic mass is 32.2. The van der Waals surface area contributed by atoms with Crippen LogP contribution in [0.4, 0.5) is 0 Å². The molecule has 2 aromatic rings. The smallest absolute Gasteiger partial charge is 0.337 e. The van der Waals surface area contributed by atoms with Gasteiger partial charge in [-0.05, 0) is 35.4 Å². The second-order valence-electron chi connectivity index (χ2n) is 4.83. The Bertz CT molecular complexity index is 750. The van der Waals surface area contributed by atoms with Crippen molar-refractivity contribution in [2.75, 3.05) is 20.0 Å². The maximum Gasteiger partial charge on any atom is 0.337 e. The van der Waals surface area contributed by atoms with E-state index in [9.17, 15) is 4.79 Å². The molecule has 0 saturated heterocycles. The van der Waals surface area contributed by atoms with Gasteiger partial charge >= 0.3 is 5.97 Å². The van der Waals surface area contributed by atoms with Crippen molar-refractivity contribution in [3.63, 3.8) is 0 Å². The standard InChI is InChI=1S/C18H16O3S/c1-20-16-6-4-3-5-14(16)13-9-10-22-17-8-7-12(11-15(13)17)18(19)21-2/h3-9,11H,10H2,1-2H3. The Hall–Kier alpha value is -2.20. The lowest BCUT2D eigenvalue weighted by molar-refractivity contribution is 0.0600. The second kappa shape index (κ2) is 6.28. The Kier molecular flexibility index (Phi) is 4.20. The van der Waals surface area contributed by atoms with Crippen molar-refractivity contribution in [2.24, 2.45) is 0 Å². The highest BCUT2D eigenvalue weighted by Gasteiger charge is 2.19. The topological polar surface area (TPSA) is 35.5 Å². The number of para-hydroxylation sites is 1. The zero-order valence-electron chi connectivity index (χ0n) is 12.5. The fourth-order valence-corrected chi connectivity index (χ4v) is 3.48. The Balaban J connectivity index is 2.13. The van der Waals surface area contributed by atoms with Gasteiger partial charge in [0, 0.05) is 16.2 Å². The molecule has 0 N–H and O–H groups in total. The number of hydrogen-bond acceptors (Lipinski definition) is 4. The predicted octanol–water partition coefficient (Wildman–Crippen LogP) is 4.02. The predicted molar refractivity (Wildman–Crippen MR) is 88.6 cm³/mol. The average Bonchev–Trinajstić information content (AvgIpc) is 2.60. The maximum absolute atomic E-state index is 11.8. The Morgan fingerprint density at radius 3 is 2.68 bits per heavy atom. The van der Waals surface area contributed by atoms with Crippen molar-refractivity contribution in [1.29, 1.82) is 0 Å². The van der Waals surface area contributed by atoms with Gasteiger partial charge in [-0.3, -0.25) is 0 Å². The molecule has 0 radical (unpaired) electrons. The van der Waals surface area contributed by atoms with E-state index in [4.69, 9.17) is 9.47 Å². The Labute approximate surface area is 133 Å². The van der Waals surface area contributed by atoms with E-state index in [1.807, 2.05) is 42.5 Å². The van der Waals surface area contributed by atoms with Crippen molar-refractivity contribution in [1.82, 2.24) is 0 Å². The van der Waals surface area contributed by atoms with Crippen LogP contribution in [0, 0.1) is 0 Å². The van der Waals surface area contributed by atoms with Gasteiger partial charge in [0.05, 0.1) is 19.8 Å². The molecule has 1 aliphatic rings. The largest absolute Gasteiger partial charge is 0.496 e. The lowest BCUT2D eigenvalue weighted by atomic mass is 9.95. The molecule has 3 nitrogen and oxygen atoms in total. The summed E-state index contributed by atoms with van der Waals surface area (Å²) in [6.45, 7) is 0. The van der Waals surface area contributed by atoms with E-state index >= 15 is 0 Å². The molecule has 0 aromatic heterocycles. The number of fused-ring (bicyclic) bond motifs is 1. The lowest BCUT2D eigenvalue weighted by Gasteiger charge is -2.20. The first-order valence-corrected chi connectivity index (χ1v) is 7.92. The molecule has 0 amide bonds. The summed E-state index contributed by atoms with van der Waals surface area (Å²) in [5.74, 6) is 1.41. The highest BCUT2D eigenvalue weighted by molar-refractivity contribution is 7.99. The fourth-order valence-electron chi connectivity index (χ4n) is 2.56. The first-order valence-electron chi connectivity index (χ1n) is 6.93. The summed E-state index contributed by atoms with van der Waals surface area (Å²) in [5.41, 5.74) is 3.73. The number of hydrogen-bond donors (Lipinski definition) is 0. The van der Waals surface area contributed by atoms with Crippen molar-refractivity contribution in [3.05, 3.63) is 65.2 Å². The number of methoxy groups -OCH3 is 2. The van der Waals surface area contributed by atoms with Gasteiger partial charge in [-0.15, -0.1) is 11.8 Å². The van der Waals surface area contributed by atoms with E-state index in [1.165, 1.54) is 7.11 Å². The Morgan fingerprint density at radius 1 is 1.09 bits per heavy atom. The molecular formula is C18H16O3S. The van der Waals surface area contributed by atoms with Gasteiger partial charge in [0.2, 0.25) is 0 Å². The Morgan fingerprint density at radius 2 is 1.91 bits per heavy atom. The molecule has 0 spiro atoms. The number of rotatable bonds is 3. The number of esters is 1. The van der Waals surface area contributed by atoms with Gasteiger partial charge in [0.25, 0.3) is 0 Å². The molecular weight excluding hydrogens is 296 g/mol. The van der Waals surface area contributed by atoms with Gasteiger partial charge in [-0.1, -0.05) is 24.3 Å². The number of ether oxygens (including phenoxy) is 2. The molecule has 0 saturated carbocycles. The van der Waals surface area contributed by atoms with E-state index < -0.39 is 0 Å². The van der Waals surface area contributed by atoms with Gasteiger partial charge in [-0.2, -0.15) is 0 Å². The van der Waals surface area contributed by atoms with Crippen molar-refractivity contribution < 1.29 is 14.3 Å². The maximum atomic E-state index is 11.8. The third-order valence-electron chi connectivity index (χ3n) is 3.61. The van der Waals surface area contributed by atoms with E-state index in [0.717, 1.165) is 33.1 Å². The van der Waals surface area contributed by atoms with Crippen molar-refractivity contribution in [2.45, 2.75) is 4.90 Å². The van der Waals surface area contributed by atoms with Crippen LogP contribution >= 0.6 is 11.8 Å². The van der Waals surface area contributed by atoms with Crippen LogP contribution < -0.4 is 4.74 Å². The van der Waals surface area contributed by atoms with E-state index in [2.05, 4.69) is 6.08 Å². The summed E-state index contributed by atoms with van der Waals surface area (Å²) >= 11 is 1.76. The summed E-state index contributed by atoms with van der Waals surface area (Å²) < 4.78 is 10.3. The molecule has 1 heterocycles. The molecule has 0 bridgehead atoms. The van der Waals surface area contributed by atoms with Crippen LogP contribution in [-0.2, 0) is 4.74 Å². The molecule has 2 aromatic carbocycles. The summed E-state index contributed by atoms with van der Waals surface area (Å²) in [5, 5.41) is 0. The molecule has 0 unspecified atom stereocenters. The van der Waals surface area contributed by atoms with Gasteiger partial charge < -0.3 is 9.47 Å². The normalized spacial score (nSPS) is 13.1. The number of carbonyl (C=O) groups excluding carboxylic acids is 1. The minimum Gasteiger partial charge on any atom is -0.496 e. The first kappa shape index (κ1) is 14.7. The van der Waals surface area contributed by atoms with Crippen LogP contribution in [0.3, 0.4) is 0 Å². The van der Waals surface area contributed by atoms with Gasteiger partial charge in [0.15, 0.2) is 0 Å². The quantitative estimate of drug-likeness (QED) is 0.802. The van der Waals surface area contributed by atoms with Crippen LogP contribution in [0.25, 0.3) is 5.57 Å². The second-order valence-corrected chi connectivity index (χ2v) is 5.89. The molecule has 22 heavy (non-hydrogen) atoms. The first-order chi connectivity index (χ1) is 10.7. The number of carbonyl (C=O) groups is 1. The zero-order valence-corrected chi connectivity index (χ0v) is 13.3. The fraction of sp³-hybridized carbons (Fsp3) is 0.167. The van der Waals surface area contributed by atoms with Crippen LogP contribution in [0.5, 0.6) is 5.75 Å². The van der Waals surface area contributed by atoms with E-state index in [-0.39, 0.29) is 5.97 Å². The molecule has 4 heteroatoms. The SMILES string of the molecule is COC(=O)c1ccc2c(c1)C(c1ccccc1OC)=CCS2. The molecule has 3 rings (SSSR count). The third-order valence-corrected chi connectivity index (χ3v) is 4.61. The lowest BCUT2D eigenvalue weighted by Crippen LogP contribution is -2.05. The molecule has 0 atom stereocenters. The van der Waals surface area contributed by atoms with Gasteiger partial charge in [-0.25, -0.2) is 4.79 Å². The number of thioether (sulfide) groups is 1. The summed E-state index contributed by atoms with van der Waals surface area (Å²) in [4.78, 5) is 13.0. The minimum absolute atomic E-state index is 0.322. The van der Waals surface area contributed by atoms with Crippen LogP contribution in [0.1, 0.15) is 21.5 Å². The van der Waals surface area contributed by atoms with Crippen LogP contribution in [0.2, 0.25) is 0 Å². The summed E-state index contributed by atoms with van der Waals surface area (Å²) in [7, 11) is 3.07. The molecule has 112 valence electrons. The van der Waals surface area contributed by atoms with Gasteiger partial charge in [0.1, 0.15) is 5.75 Å². The van der Waals surface area contributed by atoms with Crippen molar-refractivity contribution in [3.8, 4) is 5.75 Å². The molecule has 0 aliphatic carbocycles. The summed E-state index contributed by atoms with van der Waals surface area (Å²) in [6.07, 6.45) is 2.17. The minimum atomic E-state index is -0.322. The zero-order chi connectivity index (χ0) is 15.5. The number of benzene rings is 2.